The molecule has 0 heterocycles. The third kappa shape index (κ3) is 4.02. The van der Waals surface area contributed by atoms with Gasteiger partial charge in [0.1, 0.15) is 0 Å². The van der Waals surface area contributed by atoms with Gasteiger partial charge < -0.3 is 10.2 Å². The molecule has 1 aliphatic carbocycles. The van der Waals surface area contributed by atoms with Crippen LogP contribution < -0.4 is 0 Å². The molecule has 0 amide bonds. The standard InChI is InChI=1S/C13H22O4/c1-2-10(13(16)17)11(8-12(14)15)9-6-4-3-5-7-9/h9-11H,2-8H2,1H3,(H,14,15)(H,16,17). The normalized spacial score (nSPS) is 20.8. The van der Waals surface area contributed by atoms with E-state index in [4.69, 9.17) is 5.11 Å². The maximum absolute atomic E-state index is 11.2. The van der Waals surface area contributed by atoms with Gasteiger partial charge in [-0.1, -0.05) is 39.0 Å². The summed E-state index contributed by atoms with van der Waals surface area (Å²) in [5, 5.41) is 18.1. The molecule has 2 atom stereocenters. The first kappa shape index (κ1) is 14.0. The molecule has 98 valence electrons. The van der Waals surface area contributed by atoms with Gasteiger partial charge in [0, 0.05) is 6.42 Å². The van der Waals surface area contributed by atoms with Gasteiger partial charge in [-0.05, 0) is 18.3 Å². The first-order valence-corrected chi connectivity index (χ1v) is 6.50. The maximum Gasteiger partial charge on any atom is 0.306 e. The van der Waals surface area contributed by atoms with Gasteiger partial charge in [-0.3, -0.25) is 9.59 Å². The van der Waals surface area contributed by atoms with Crippen molar-refractivity contribution in [3.05, 3.63) is 0 Å². The summed E-state index contributed by atoms with van der Waals surface area (Å²) in [6.07, 6.45) is 5.90. The number of aliphatic carboxylic acids is 2. The minimum atomic E-state index is -0.875. The van der Waals surface area contributed by atoms with Crippen LogP contribution in [0.25, 0.3) is 0 Å². The molecule has 0 bridgehead atoms. The minimum Gasteiger partial charge on any atom is -0.481 e. The molecule has 0 radical (unpaired) electrons. The van der Waals surface area contributed by atoms with Crippen LogP contribution in [0.5, 0.6) is 0 Å². The lowest BCUT2D eigenvalue weighted by molar-refractivity contribution is -0.147. The van der Waals surface area contributed by atoms with Crippen molar-refractivity contribution in [2.45, 2.75) is 51.9 Å². The van der Waals surface area contributed by atoms with Crippen molar-refractivity contribution in [2.24, 2.45) is 17.8 Å². The lowest BCUT2D eigenvalue weighted by atomic mass is 9.72. The smallest absolute Gasteiger partial charge is 0.306 e. The highest BCUT2D eigenvalue weighted by Gasteiger charge is 2.35. The van der Waals surface area contributed by atoms with Crippen molar-refractivity contribution in [1.82, 2.24) is 0 Å². The number of rotatable bonds is 6. The maximum atomic E-state index is 11.2. The Labute approximate surface area is 102 Å². The van der Waals surface area contributed by atoms with E-state index in [9.17, 15) is 14.7 Å². The molecular weight excluding hydrogens is 220 g/mol. The summed E-state index contributed by atoms with van der Waals surface area (Å²) in [6, 6.07) is 0. The Morgan fingerprint density at radius 3 is 2.18 bits per heavy atom. The average molecular weight is 242 g/mol. The van der Waals surface area contributed by atoms with E-state index in [2.05, 4.69) is 0 Å². The Hall–Kier alpha value is -1.06. The van der Waals surface area contributed by atoms with E-state index in [1.54, 1.807) is 0 Å². The van der Waals surface area contributed by atoms with Crippen molar-refractivity contribution in [1.29, 1.82) is 0 Å². The summed E-state index contributed by atoms with van der Waals surface area (Å²) in [5.41, 5.74) is 0. The molecule has 0 aromatic carbocycles. The Bertz CT molecular complexity index is 269. The van der Waals surface area contributed by atoms with Crippen LogP contribution >= 0.6 is 0 Å². The fourth-order valence-electron chi connectivity index (χ4n) is 3.06. The third-order valence-electron chi connectivity index (χ3n) is 3.94. The minimum absolute atomic E-state index is 0.00449. The largest absolute Gasteiger partial charge is 0.481 e. The zero-order valence-corrected chi connectivity index (χ0v) is 10.4. The molecule has 0 aliphatic heterocycles. The van der Waals surface area contributed by atoms with Gasteiger partial charge in [-0.15, -0.1) is 0 Å². The predicted octanol–water partition coefficient (Wildman–Crippen LogP) is 2.77. The van der Waals surface area contributed by atoms with Crippen molar-refractivity contribution in [3.8, 4) is 0 Å². The number of hydrogen-bond donors (Lipinski definition) is 2. The highest BCUT2D eigenvalue weighted by molar-refractivity contribution is 5.73. The number of carboxylic acids is 2. The second-order valence-corrected chi connectivity index (χ2v) is 5.01. The summed E-state index contributed by atoms with van der Waals surface area (Å²) in [6.45, 7) is 1.83. The fraction of sp³-hybridized carbons (Fsp3) is 0.846. The van der Waals surface area contributed by atoms with E-state index in [1.807, 2.05) is 6.92 Å². The highest BCUT2D eigenvalue weighted by Crippen LogP contribution is 2.37. The highest BCUT2D eigenvalue weighted by atomic mass is 16.4. The van der Waals surface area contributed by atoms with Crippen LogP contribution in [0.1, 0.15) is 51.9 Å². The molecule has 2 unspecified atom stereocenters. The van der Waals surface area contributed by atoms with Crippen molar-refractivity contribution in [2.75, 3.05) is 0 Å². The molecule has 2 N–H and O–H groups in total. The van der Waals surface area contributed by atoms with Crippen LogP contribution in [0.2, 0.25) is 0 Å². The van der Waals surface area contributed by atoms with Gasteiger partial charge in [0.2, 0.25) is 0 Å². The van der Waals surface area contributed by atoms with E-state index in [1.165, 1.54) is 6.42 Å². The predicted molar refractivity (Wildman–Crippen MR) is 63.7 cm³/mol. The van der Waals surface area contributed by atoms with Crippen LogP contribution in [-0.2, 0) is 9.59 Å². The van der Waals surface area contributed by atoms with Gasteiger partial charge in [0.05, 0.1) is 5.92 Å². The first-order valence-electron chi connectivity index (χ1n) is 6.50. The Kier molecular flexibility index (Phi) is 5.45. The summed E-state index contributed by atoms with van der Waals surface area (Å²) in [7, 11) is 0. The van der Waals surface area contributed by atoms with Gasteiger partial charge >= 0.3 is 11.9 Å². The zero-order chi connectivity index (χ0) is 12.8. The van der Waals surface area contributed by atoms with Gasteiger partial charge in [-0.25, -0.2) is 0 Å². The molecule has 0 spiro atoms. The number of carbonyl (C=O) groups is 2. The Morgan fingerprint density at radius 1 is 1.18 bits per heavy atom. The van der Waals surface area contributed by atoms with Crippen LogP contribution in [0.3, 0.4) is 0 Å². The average Bonchev–Trinajstić information content (AvgIpc) is 2.29. The molecule has 17 heavy (non-hydrogen) atoms. The monoisotopic (exact) mass is 242 g/mol. The molecule has 0 aromatic heterocycles. The molecule has 1 aliphatic rings. The summed E-state index contributed by atoms with van der Waals surface area (Å²) < 4.78 is 0. The topological polar surface area (TPSA) is 74.6 Å². The fourth-order valence-corrected chi connectivity index (χ4v) is 3.06. The molecule has 0 saturated heterocycles. The third-order valence-corrected chi connectivity index (χ3v) is 3.94. The molecular formula is C13H22O4. The first-order chi connectivity index (χ1) is 8.06. The lowest BCUT2D eigenvalue weighted by Gasteiger charge is -2.32. The second-order valence-electron chi connectivity index (χ2n) is 5.01. The van der Waals surface area contributed by atoms with E-state index in [0.29, 0.717) is 6.42 Å². The van der Waals surface area contributed by atoms with E-state index >= 15 is 0 Å². The van der Waals surface area contributed by atoms with E-state index in [0.717, 1.165) is 25.7 Å². The van der Waals surface area contributed by atoms with Gasteiger partial charge in [0.15, 0.2) is 0 Å². The Balaban J connectivity index is 2.76. The zero-order valence-electron chi connectivity index (χ0n) is 10.4. The van der Waals surface area contributed by atoms with Crippen molar-refractivity contribution >= 4 is 11.9 Å². The lowest BCUT2D eigenvalue weighted by Crippen LogP contribution is -2.32. The summed E-state index contributed by atoms with van der Waals surface area (Å²) in [4.78, 5) is 22.1. The van der Waals surface area contributed by atoms with Crippen molar-refractivity contribution in [3.63, 3.8) is 0 Å². The molecule has 1 fully saturated rings. The summed E-state index contributed by atoms with van der Waals surface area (Å²) >= 11 is 0. The van der Waals surface area contributed by atoms with Crippen LogP contribution in [0.4, 0.5) is 0 Å². The van der Waals surface area contributed by atoms with Crippen LogP contribution in [-0.4, -0.2) is 22.2 Å². The number of hydrogen-bond acceptors (Lipinski definition) is 2. The quantitative estimate of drug-likeness (QED) is 0.751. The second kappa shape index (κ2) is 6.62. The van der Waals surface area contributed by atoms with E-state index in [-0.39, 0.29) is 18.3 Å². The number of carboxylic acid groups (broad SMARTS) is 2. The molecule has 1 saturated carbocycles. The molecule has 4 nitrogen and oxygen atoms in total. The van der Waals surface area contributed by atoms with Gasteiger partial charge in [0.25, 0.3) is 0 Å². The van der Waals surface area contributed by atoms with E-state index < -0.39 is 17.9 Å². The van der Waals surface area contributed by atoms with Crippen LogP contribution in [0.15, 0.2) is 0 Å². The Morgan fingerprint density at radius 2 is 1.76 bits per heavy atom. The molecule has 1 rings (SSSR count). The van der Waals surface area contributed by atoms with Crippen LogP contribution in [0, 0.1) is 17.8 Å². The molecule has 0 aromatic rings. The van der Waals surface area contributed by atoms with Gasteiger partial charge in [-0.2, -0.15) is 0 Å². The SMILES string of the molecule is CCC(C(=O)O)C(CC(=O)O)C1CCCCC1. The molecule has 4 heteroatoms. The van der Waals surface area contributed by atoms with Crippen molar-refractivity contribution < 1.29 is 19.8 Å². The summed E-state index contributed by atoms with van der Waals surface area (Å²) in [5.74, 6) is -2.14.